The topological polar surface area (TPSA) is 98.7 Å². The van der Waals surface area contributed by atoms with E-state index in [1.54, 1.807) is 10.9 Å². The largest absolute Gasteiger partial charge is 0.374 e. The number of rotatable bonds is 4. The Morgan fingerprint density at radius 1 is 1.59 bits per heavy atom. The van der Waals surface area contributed by atoms with Gasteiger partial charge in [0.25, 0.3) is 5.91 Å². The van der Waals surface area contributed by atoms with Crippen LogP contribution in [-0.4, -0.2) is 32.4 Å². The van der Waals surface area contributed by atoms with Gasteiger partial charge in [-0.05, 0) is 6.07 Å². The zero-order valence-electron chi connectivity index (χ0n) is 9.25. The number of carbonyl (C=O) groups excluding carboxylic acids is 1. The van der Waals surface area contributed by atoms with E-state index in [9.17, 15) is 4.79 Å². The molecule has 17 heavy (non-hydrogen) atoms. The summed E-state index contributed by atoms with van der Waals surface area (Å²) in [5.41, 5.74) is 6.45. The van der Waals surface area contributed by atoms with Crippen molar-refractivity contribution in [3.63, 3.8) is 0 Å². The van der Waals surface area contributed by atoms with Crippen molar-refractivity contribution in [3.8, 4) is 0 Å². The first-order chi connectivity index (χ1) is 8.16. The van der Waals surface area contributed by atoms with E-state index in [1.807, 2.05) is 13.1 Å². The number of amides is 1. The van der Waals surface area contributed by atoms with Gasteiger partial charge in [-0.2, -0.15) is 5.10 Å². The molecule has 2 aromatic heterocycles. The third-order valence-corrected chi connectivity index (χ3v) is 2.98. The van der Waals surface area contributed by atoms with Gasteiger partial charge in [0.05, 0.1) is 0 Å². The Morgan fingerprint density at radius 2 is 2.41 bits per heavy atom. The van der Waals surface area contributed by atoms with Crippen LogP contribution in [0.2, 0.25) is 0 Å². The Bertz CT molecular complexity index is 519. The molecule has 8 heteroatoms. The molecule has 0 bridgehead atoms. The van der Waals surface area contributed by atoms with Crippen LogP contribution in [0, 0.1) is 0 Å². The third kappa shape index (κ3) is 2.78. The van der Waals surface area contributed by atoms with Gasteiger partial charge in [0.2, 0.25) is 10.1 Å². The molecule has 7 nitrogen and oxygen atoms in total. The van der Waals surface area contributed by atoms with Gasteiger partial charge in [0, 0.05) is 31.9 Å². The van der Waals surface area contributed by atoms with E-state index in [0.29, 0.717) is 11.7 Å². The van der Waals surface area contributed by atoms with E-state index in [2.05, 4.69) is 20.6 Å². The lowest BCUT2D eigenvalue weighted by atomic mass is 10.3. The monoisotopic (exact) mass is 252 g/mol. The molecule has 0 atom stereocenters. The number of anilines is 1. The number of carbonyl (C=O) groups is 1. The standard InChI is InChI=1S/C9H12N6OS/c1-15-6(3-5-12-15)2-4-11-7(16)8-13-14-9(10)17-8/h3,5H,2,4H2,1H3,(H2,10,14)(H,11,16). The van der Waals surface area contributed by atoms with Crippen molar-refractivity contribution in [1.29, 1.82) is 0 Å². The van der Waals surface area contributed by atoms with Gasteiger partial charge >= 0.3 is 0 Å². The van der Waals surface area contributed by atoms with Gasteiger partial charge < -0.3 is 11.1 Å². The van der Waals surface area contributed by atoms with Crippen molar-refractivity contribution in [2.45, 2.75) is 6.42 Å². The van der Waals surface area contributed by atoms with Crippen LogP contribution in [0.15, 0.2) is 12.3 Å². The lowest BCUT2D eigenvalue weighted by molar-refractivity contribution is 0.0953. The number of nitrogens with zero attached hydrogens (tertiary/aromatic N) is 4. The van der Waals surface area contributed by atoms with E-state index in [4.69, 9.17) is 5.73 Å². The molecule has 2 aromatic rings. The molecular formula is C9H12N6OS. The molecule has 0 unspecified atom stereocenters. The highest BCUT2D eigenvalue weighted by Crippen LogP contribution is 2.10. The predicted octanol–water partition coefficient (Wildman–Crippen LogP) is -0.174. The first kappa shape index (κ1) is 11.5. The number of hydrogen-bond acceptors (Lipinski definition) is 6. The van der Waals surface area contributed by atoms with Crippen LogP contribution in [0.3, 0.4) is 0 Å². The van der Waals surface area contributed by atoms with Crippen molar-refractivity contribution >= 4 is 22.4 Å². The molecule has 2 heterocycles. The highest BCUT2D eigenvalue weighted by atomic mass is 32.1. The zero-order chi connectivity index (χ0) is 12.3. The van der Waals surface area contributed by atoms with E-state index in [1.165, 1.54) is 0 Å². The smallest absolute Gasteiger partial charge is 0.282 e. The van der Waals surface area contributed by atoms with Gasteiger partial charge in [0.1, 0.15) is 0 Å². The minimum atomic E-state index is -0.249. The lowest BCUT2D eigenvalue weighted by Crippen LogP contribution is -2.26. The summed E-state index contributed by atoms with van der Waals surface area (Å²) in [6.45, 7) is 0.526. The fourth-order valence-corrected chi connectivity index (χ4v) is 1.88. The van der Waals surface area contributed by atoms with E-state index in [-0.39, 0.29) is 10.9 Å². The van der Waals surface area contributed by atoms with Crippen LogP contribution < -0.4 is 11.1 Å². The first-order valence-corrected chi connectivity index (χ1v) is 5.82. The lowest BCUT2D eigenvalue weighted by Gasteiger charge is -2.03. The fourth-order valence-electron chi connectivity index (χ4n) is 1.35. The molecule has 0 saturated heterocycles. The number of hydrogen-bond donors (Lipinski definition) is 2. The predicted molar refractivity (Wildman–Crippen MR) is 63.6 cm³/mol. The molecule has 3 N–H and O–H groups in total. The summed E-state index contributed by atoms with van der Waals surface area (Å²) < 4.78 is 1.77. The number of nitrogens with one attached hydrogen (secondary N) is 1. The molecule has 1 amide bonds. The van der Waals surface area contributed by atoms with Gasteiger partial charge in [-0.15, -0.1) is 10.2 Å². The Labute approximate surface area is 102 Å². The molecule has 0 fully saturated rings. The van der Waals surface area contributed by atoms with Crippen molar-refractivity contribution in [3.05, 3.63) is 23.0 Å². The Kier molecular flexibility index (Phi) is 3.33. The van der Waals surface area contributed by atoms with Gasteiger partial charge in [-0.3, -0.25) is 9.48 Å². The van der Waals surface area contributed by atoms with Crippen molar-refractivity contribution < 1.29 is 4.79 Å². The summed E-state index contributed by atoms with van der Waals surface area (Å²) in [7, 11) is 1.86. The highest BCUT2D eigenvalue weighted by molar-refractivity contribution is 7.16. The average Bonchev–Trinajstić information content (AvgIpc) is 2.88. The summed E-state index contributed by atoms with van der Waals surface area (Å²) in [6, 6.07) is 1.91. The second-order valence-electron chi connectivity index (χ2n) is 3.40. The second-order valence-corrected chi connectivity index (χ2v) is 4.41. The van der Waals surface area contributed by atoms with Gasteiger partial charge in [-0.25, -0.2) is 0 Å². The quantitative estimate of drug-likeness (QED) is 0.787. The van der Waals surface area contributed by atoms with E-state index < -0.39 is 0 Å². The number of aromatic nitrogens is 4. The highest BCUT2D eigenvalue weighted by Gasteiger charge is 2.10. The van der Waals surface area contributed by atoms with Crippen LogP contribution >= 0.6 is 11.3 Å². The normalized spacial score (nSPS) is 10.4. The summed E-state index contributed by atoms with van der Waals surface area (Å²) in [5.74, 6) is -0.249. The minimum absolute atomic E-state index is 0.249. The van der Waals surface area contributed by atoms with Crippen molar-refractivity contribution in [2.24, 2.45) is 7.05 Å². The zero-order valence-corrected chi connectivity index (χ0v) is 10.1. The summed E-state index contributed by atoms with van der Waals surface area (Å²) in [6.07, 6.45) is 2.44. The molecule has 0 radical (unpaired) electrons. The third-order valence-electron chi connectivity index (χ3n) is 2.22. The van der Waals surface area contributed by atoms with Crippen LogP contribution in [0.25, 0.3) is 0 Å². The summed E-state index contributed by atoms with van der Waals surface area (Å²) in [5, 5.41) is 14.6. The van der Waals surface area contributed by atoms with Crippen LogP contribution in [0.4, 0.5) is 5.13 Å². The maximum Gasteiger partial charge on any atom is 0.282 e. The van der Waals surface area contributed by atoms with Crippen LogP contribution in [0.5, 0.6) is 0 Å². The van der Waals surface area contributed by atoms with E-state index >= 15 is 0 Å². The molecular weight excluding hydrogens is 240 g/mol. The SMILES string of the molecule is Cn1nccc1CCNC(=O)c1nnc(N)s1. The number of nitrogen functional groups attached to an aromatic ring is 1. The molecule has 0 saturated carbocycles. The van der Waals surface area contributed by atoms with Gasteiger partial charge in [-0.1, -0.05) is 11.3 Å². The van der Waals surface area contributed by atoms with E-state index in [0.717, 1.165) is 23.5 Å². The average molecular weight is 252 g/mol. The second kappa shape index (κ2) is 4.91. The molecule has 90 valence electrons. The minimum Gasteiger partial charge on any atom is -0.374 e. The van der Waals surface area contributed by atoms with Gasteiger partial charge in [0.15, 0.2) is 0 Å². The Morgan fingerprint density at radius 3 is 3.00 bits per heavy atom. The summed E-state index contributed by atoms with van der Waals surface area (Å²) >= 11 is 1.07. The van der Waals surface area contributed by atoms with Crippen LogP contribution in [0.1, 0.15) is 15.5 Å². The molecule has 0 spiro atoms. The Hall–Kier alpha value is -1.96. The maximum atomic E-state index is 11.6. The molecule has 0 aliphatic rings. The first-order valence-electron chi connectivity index (χ1n) is 5.01. The molecule has 0 aliphatic heterocycles. The number of nitrogens with two attached hydrogens (primary N) is 1. The molecule has 0 aliphatic carbocycles. The van der Waals surface area contributed by atoms with Crippen molar-refractivity contribution in [1.82, 2.24) is 25.3 Å². The maximum absolute atomic E-state index is 11.6. The summed E-state index contributed by atoms with van der Waals surface area (Å²) in [4.78, 5) is 11.6. The van der Waals surface area contributed by atoms with Crippen molar-refractivity contribution in [2.75, 3.05) is 12.3 Å². The van der Waals surface area contributed by atoms with Crippen LogP contribution in [-0.2, 0) is 13.5 Å². The molecule has 0 aromatic carbocycles. The molecule has 2 rings (SSSR count). The Balaban J connectivity index is 1.83. The fraction of sp³-hybridized carbons (Fsp3) is 0.333. The number of aryl methyl sites for hydroxylation is 1.